The number of urea groups is 1. The van der Waals surface area contributed by atoms with Crippen molar-refractivity contribution in [3.8, 4) is 0 Å². The molecule has 0 aliphatic rings. The third-order valence-corrected chi connectivity index (χ3v) is 3.03. The summed E-state index contributed by atoms with van der Waals surface area (Å²) in [6.07, 6.45) is 3.27. The Hall–Kier alpha value is -2.02. The zero-order valence-electron chi connectivity index (χ0n) is 11.5. The predicted molar refractivity (Wildman–Crippen MR) is 78.4 cm³/mol. The van der Waals surface area contributed by atoms with E-state index in [0.29, 0.717) is 24.8 Å². The predicted octanol–water partition coefficient (Wildman–Crippen LogP) is 2.62. The molecule has 0 atom stereocenters. The topological polar surface area (TPSA) is 71.0 Å². The van der Waals surface area contributed by atoms with Crippen LogP contribution in [0.1, 0.15) is 19.5 Å². The first-order chi connectivity index (χ1) is 9.65. The Morgan fingerprint density at radius 2 is 2.30 bits per heavy atom. The molecular weight excluding hydrogens is 274 g/mol. The lowest BCUT2D eigenvalue weighted by Crippen LogP contribution is -2.37. The fourth-order valence-corrected chi connectivity index (χ4v) is 2.13. The minimum atomic E-state index is -0.183. The zero-order chi connectivity index (χ0) is 14.4. The highest BCUT2D eigenvalue weighted by molar-refractivity contribution is 6.99. The van der Waals surface area contributed by atoms with Gasteiger partial charge >= 0.3 is 6.03 Å². The average molecular weight is 291 g/mol. The van der Waals surface area contributed by atoms with Crippen LogP contribution < -0.4 is 5.32 Å². The standard InChI is InChI=1S/C13H17N5OS/c1-10(2)8-18(9-11-5-3-4-6-14-11)13(19)16-12-7-15-20-17-12/h3-7,10H,8-9H2,1-2H3,(H,16,17,19). The Morgan fingerprint density at radius 3 is 2.90 bits per heavy atom. The van der Waals surface area contributed by atoms with Gasteiger partial charge in [0.2, 0.25) is 0 Å². The van der Waals surface area contributed by atoms with Crippen LogP contribution in [0.2, 0.25) is 0 Å². The molecule has 0 aliphatic carbocycles. The zero-order valence-corrected chi connectivity index (χ0v) is 12.3. The molecule has 0 unspecified atom stereocenters. The van der Waals surface area contributed by atoms with Crippen molar-refractivity contribution >= 4 is 23.6 Å². The van der Waals surface area contributed by atoms with Crippen LogP contribution >= 0.6 is 11.7 Å². The van der Waals surface area contributed by atoms with Gasteiger partial charge < -0.3 is 4.90 Å². The second kappa shape index (κ2) is 6.95. The highest BCUT2D eigenvalue weighted by Crippen LogP contribution is 2.09. The van der Waals surface area contributed by atoms with Gasteiger partial charge in [-0.15, -0.1) is 0 Å². The van der Waals surface area contributed by atoms with Crippen molar-refractivity contribution < 1.29 is 4.79 Å². The van der Waals surface area contributed by atoms with E-state index in [1.807, 2.05) is 18.2 Å². The maximum absolute atomic E-state index is 12.3. The third kappa shape index (κ3) is 4.27. The molecule has 0 aliphatic heterocycles. The molecule has 2 aromatic heterocycles. The Kier molecular flexibility index (Phi) is 5.00. The monoisotopic (exact) mass is 291 g/mol. The molecule has 0 fully saturated rings. The second-order valence-electron chi connectivity index (χ2n) is 4.82. The largest absolute Gasteiger partial charge is 0.323 e. The second-order valence-corrected chi connectivity index (χ2v) is 5.37. The summed E-state index contributed by atoms with van der Waals surface area (Å²) in [6, 6.07) is 5.50. The van der Waals surface area contributed by atoms with Crippen LogP contribution in [-0.4, -0.2) is 31.2 Å². The van der Waals surface area contributed by atoms with E-state index in [1.54, 1.807) is 11.1 Å². The number of nitrogens with one attached hydrogen (secondary N) is 1. The number of rotatable bonds is 5. The normalized spacial score (nSPS) is 10.6. The van der Waals surface area contributed by atoms with Gasteiger partial charge in [-0.3, -0.25) is 10.3 Å². The molecule has 20 heavy (non-hydrogen) atoms. The Balaban J connectivity index is 2.04. The molecule has 0 saturated carbocycles. The number of carbonyl (C=O) groups excluding carboxylic acids is 1. The maximum atomic E-state index is 12.3. The van der Waals surface area contributed by atoms with Gasteiger partial charge in [-0.25, -0.2) is 4.79 Å². The van der Waals surface area contributed by atoms with Crippen molar-refractivity contribution in [1.82, 2.24) is 18.6 Å². The van der Waals surface area contributed by atoms with Crippen molar-refractivity contribution in [3.05, 3.63) is 36.3 Å². The number of hydrogen-bond acceptors (Lipinski definition) is 5. The minimum Gasteiger partial charge on any atom is -0.318 e. The molecule has 7 heteroatoms. The van der Waals surface area contributed by atoms with Crippen LogP contribution in [0.3, 0.4) is 0 Å². The molecule has 0 aromatic carbocycles. The molecule has 106 valence electrons. The van der Waals surface area contributed by atoms with Crippen LogP contribution in [0.4, 0.5) is 10.6 Å². The highest BCUT2D eigenvalue weighted by Gasteiger charge is 2.16. The Bertz CT molecular complexity index is 529. The summed E-state index contributed by atoms with van der Waals surface area (Å²) in [5.74, 6) is 0.854. The van der Waals surface area contributed by atoms with Gasteiger partial charge in [0.15, 0.2) is 5.82 Å². The van der Waals surface area contributed by atoms with E-state index >= 15 is 0 Å². The van der Waals surface area contributed by atoms with E-state index in [1.165, 1.54) is 6.20 Å². The maximum Gasteiger partial charge on any atom is 0.323 e. The molecule has 2 aromatic rings. The van der Waals surface area contributed by atoms with Gasteiger partial charge in [-0.2, -0.15) is 8.75 Å². The van der Waals surface area contributed by atoms with Crippen molar-refractivity contribution in [1.29, 1.82) is 0 Å². The lowest BCUT2D eigenvalue weighted by Gasteiger charge is -2.24. The molecular formula is C13H17N5OS. The Labute approximate surface area is 122 Å². The van der Waals surface area contributed by atoms with Crippen molar-refractivity contribution in [3.63, 3.8) is 0 Å². The quantitative estimate of drug-likeness (QED) is 0.919. The number of carbonyl (C=O) groups is 1. The van der Waals surface area contributed by atoms with Gasteiger partial charge in [0.25, 0.3) is 0 Å². The summed E-state index contributed by atoms with van der Waals surface area (Å²) in [7, 11) is 0. The van der Waals surface area contributed by atoms with Crippen LogP contribution in [-0.2, 0) is 6.54 Å². The third-order valence-electron chi connectivity index (χ3n) is 2.55. The first-order valence-corrected chi connectivity index (χ1v) is 7.11. The fraction of sp³-hybridized carbons (Fsp3) is 0.385. The molecule has 2 amide bonds. The van der Waals surface area contributed by atoms with Crippen molar-refractivity contribution in [2.24, 2.45) is 5.92 Å². The Morgan fingerprint density at radius 1 is 1.45 bits per heavy atom. The van der Waals surface area contributed by atoms with Crippen LogP contribution in [0.25, 0.3) is 0 Å². The lowest BCUT2D eigenvalue weighted by atomic mass is 10.2. The van der Waals surface area contributed by atoms with E-state index in [-0.39, 0.29) is 6.03 Å². The molecule has 0 saturated heterocycles. The number of anilines is 1. The summed E-state index contributed by atoms with van der Waals surface area (Å²) in [5, 5.41) is 2.74. The summed E-state index contributed by atoms with van der Waals surface area (Å²) in [4.78, 5) is 18.3. The SMILES string of the molecule is CC(C)CN(Cc1ccccn1)C(=O)Nc1cnsn1. The van der Waals surface area contributed by atoms with E-state index < -0.39 is 0 Å². The minimum absolute atomic E-state index is 0.183. The van der Waals surface area contributed by atoms with E-state index in [4.69, 9.17) is 0 Å². The van der Waals surface area contributed by atoms with Gasteiger partial charge in [0.05, 0.1) is 30.2 Å². The van der Waals surface area contributed by atoms with Gasteiger partial charge in [-0.05, 0) is 18.1 Å². The van der Waals surface area contributed by atoms with E-state index in [9.17, 15) is 4.79 Å². The van der Waals surface area contributed by atoms with Gasteiger partial charge in [-0.1, -0.05) is 19.9 Å². The average Bonchev–Trinajstić information content (AvgIpc) is 2.91. The number of pyridine rings is 1. The molecule has 2 heterocycles. The summed E-state index contributed by atoms with van der Waals surface area (Å²) >= 11 is 1.07. The van der Waals surface area contributed by atoms with Gasteiger partial charge in [0, 0.05) is 12.7 Å². The molecule has 0 bridgehead atoms. The van der Waals surface area contributed by atoms with Gasteiger partial charge in [0.1, 0.15) is 0 Å². The number of amides is 2. The van der Waals surface area contributed by atoms with E-state index in [0.717, 1.165) is 17.4 Å². The molecule has 0 spiro atoms. The molecule has 2 rings (SSSR count). The molecule has 6 nitrogen and oxygen atoms in total. The van der Waals surface area contributed by atoms with Crippen LogP contribution in [0.15, 0.2) is 30.6 Å². The number of aromatic nitrogens is 3. The fourth-order valence-electron chi connectivity index (χ4n) is 1.76. The molecule has 1 N–H and O–H groups in total. The smallest absolute Gasteiger partial charge is 0.318 e. The summed E-state index contributed by atoms with van der Waals surface area (Å²) in [5.41, 5.74) is 0.861. The summed E-state index contributed by atoms with van der Waals surface area (Å²) in [6.45, 7) is 5.27. The first-order valence-electron chi connectivity index (χ1n) is 6.38. The first kappa shape index (κ1) is 14.4. The summed E-state index contributed by atoms with van der Waals surface area (Å²) < 4.78 is 7.85. The van der Waals surface area contributed by atoms with E-state index in [2.05, 4.69) is 32.9 Å². The number of hydrogen-bond donors (Lipinski definition) is 1. The van der Waals surface area contributed by atoms with Crippen molar-refractivity contribution in [2.75, 3.05) is 11.9 Å². The number of nitrogens with zero attached hydrogens (tertiary/aromatic N) is 4. The highest BCUT2D eigenvalue weighted by atomic mass is 32.1. The molecule has 0 radical (unpaired) electrons. The lowest BCUT2D eigenvalue weighted by molar-refractivity contribution is 0.201. The van der Waals surface area contributed by atoms with Crippen LogP contribution in [0.5, 0.6) is 0 Å². The van der Waals surface area contributed by atoms with Crippen molar-refractivity contribution in [2.45, 2.75) is 20.4 Å². The van der Waals surface area contributed by atoms with Crippen LogP contribution in [0, 0.1) is 5.92 Å².